The second kappa shape index (κ2) is 10.3. The predicted octanol–water partition coefficient (Wildman–Crippen LogP) is 4.06. The van der Waals surface area contributed by atoms with Crippen molar-refractivity contribution < 1.29 is 18.7 Å². The number of nitrogens with one attached hydrogen (secondary N) is 1. The van der Waals surface area contributed by atoms with Crippen molar-refractivity contribution in [2.24, 2.45) is 0 Å². The monoisotopic (exact) mass is 426 g/mol. The number of halogens is 3. The Bertz CT molecular complexity index is 848. The maximum Gasteiger partial charge on any atom is 0.261 e. The highest BCUT2D eigenvalue weighted by molar-refractivity contribution is 6.35. The Kier molecular flexibility index (Phi) is 8.08. The minimum Gasteiger partial charge on any atom is -0.482 e. The Morgan fingerprint density at radius 2 is 1.93 bits per heavy atom. The van der Waals surface area contributed by atoms with Gasteiger partial charge in [0.1, 0.15) is 17.6 Å². The van der Waals surface area contributed by atoms with Gasteiger partial charge in [0, 0.05) is 23.7 Å². The van der Waals surface area contributed by atoms with Gasteiger partial charge in [-0.25, -0.2) is 4.39 Å². The van der Waals surface area contributed by atoms with Gasteiger partial charge in [-0.1, -0.05) is 41.4 Å². The fourth-order valence-corrected chi connectivity index (χ4v) is 2.99. The molecule has 0 unspecified atom stereocenters. The minimum absolute atomic E-state index is 0.0679. The lowest BCUT2D eigenvalue weighted by Gasteiger charge is -2.28. The van der Waals surface area contributed by atoms with Crippen LogP contribution in [0.2, 0.25) is 10.0 Å². The molecule has 0 radical (unpaired) electrons. The normalized spacial score (nSPS) is 11.6. The summed E-state index contributed by atoms with van der Waals surface area (Å²) in [5.74, 6) is -0.981. The Morgan fingerprint density at radius 1 is 1.21 bits per heavy atom. The third kappa shape index (κ3) is 5.84. The number of ether oxygens (including phenoxy) is 1. The molecule has 8 heteroatoms. The number of likely N-dealkylation sites (N-methyl/N-ethyl adjacent to an activating group) is 1. The number of hydrogen-bond donors (Lipinski definition) is 1. The lowest BCUT2D eigenvalue weighted by Crippen LogP contribution is -2.49. The molecule has 2 rings (SSSR count). The van der Waals surface area contributed by atoms with Gasteiger partial charge in [-0.05, 0) is 38.1 Å². The zero-order valence-electron chi connectivity index (χ0n) is 15.5. The van der Waals surface area contributed by atoms with Gasteiger partial charge in [0.15, 0.2) is 6.61 Å². The van der Waals surface area contributed by atoms with Crippen LogP contribution in [0, 0.1) is 5.82 Å². The maximum atomic E-state index is 14.1. The molecule has 0 saturated heterocycles. The first kappa shape index (κ1) is 22.0. The average Bonchev–Trinajstić information content (AvgIpc) is 2.66. The first-order valence-corrected chi connectivity index (χ1v) is 9.47. The van der Waals surface area contributed by atoms with E-state index in [0.29, 0.717) is 17.1 Å². The molecular formula is C20H21Cl2FN2O3. The molecule has 28 heavy (non-hydrogen) atoms. The van der Waals surface area contributed by atoms with E-state index in [1.165, 1.54) is 17.0 Å². The van der Waals surface area contributed by atoms with E-state index in [2.05, 4.69) is 5.32 Å². The number of carbonyl (C=O) groups excluding carboxylic acids is 2. The Balaban J connectivity index is 2.18. The summed E-state index contributed by atoms with van der Waals surface area (Å²) in [6.45, 7) is 3.35. The summed E-state index contributed by atoms with van der Waals surface area (Å²) >= 11 is 11.9. The summed E-state index contributed by atoms with van der Waals surface area (Å²) in [5, 5.41) is 3.37. The highest BCUT2D eigenvalue weighted by atomic mass is 35.5. The molecule has 2 aromatic rings. The Hall–Kier alpha value is -2.31. The minimum atomic E-state index is -0.809. The summed E-state index contributed by atoms with van der Waals surface area (Å²) in [5.41, 5.74) is 0.302. The summed E-state index contributed by atoms with van der Waals surface area (Å²) in [4.78, 5) is 26.3. The lowest BCUT2D eigenvalue weighted by molar-refractivity contribution is -0.142. The van der Waals surface area contributed by atoms with Crippen molar-refractivity contribution in [3.8, 4) is 5.75 Å². The summed E-state index contributed by atoms with van der Waals surface area (Å²) < 4.78 is 19.6. The van der Waals surface area contributed by atoms with Crippen LogP contribution in [0.4, 0.5) is 4.39 Å². The van der Waals surface area contributed by atoms with E-state index in [1.807, 2.05) is 0 Å². The molecule has 0 spiro atoms. The van der Waals surface area contributed by atoms with Crippen LogP contribution in [0.15, 0.2) is 42.5 Å². The van der Waals surface area contributed by atoms with Crippen LogP contribution in [-0.4, -0.2) is 35.9 Å². The van der Waals surface area contributed by atoms with Crippen molar-refractivity contribution in [3.05, 3.63) is 63.9 Å². The van der Waals surface area contributed by atoms with E-state index in [0.717, 1.165) is 0 Å². The molecule has 0 aliphatic rings. The van der Waals surface area contributed by atoms with Gasteiger partial charge in [-0.3, -0.25) is 9.59 Å². The molecule has 0 bridgehead atoms. The summed E-state index contributed by atoms with van der Waals surface area (Å²) in [6.07, 6.45) is 0. The average molecular weight is 427 g/mol. The topological polar surface area (TPSA) is 58.6 Å². The van der Waals surface area contributed by atoms with Gasteiger partial charge in [0.2, 0.25) is 5.91 Å². The van der Waals surface area contributed by atoms with Crippen molar-refractivity contribution in [3.63, 3.8) is 0 Å². The quantitative estimate of drug-likeness (QED) is 0.691. The Morgan fingerprint density at radius 3 is 2.57 bits per heavy atom. The van der Waals surface area contributed by atoms with Gasteiger partial charge in [-0.2, -0.15) is 0 Å². The number of nitrogens with zero attached hydrogens (tertiary/aromatic N) is 1. The van der Waals surface area contributed by atoms with E-state index in [-0.39, 0.29) is 29.8 Å². The SMILES string of the molecule is CCNC(=O)[C@H](C)N(Cc1ccccc1F)C(=O)COc1ccc(Cl)cc1Cl. The highest BCUT2D eigenvalue weighted by Gasteiger charge is 2.27. The third-order valence-corrected chi connectivity index (χ3v) is 4.59. The van der Waals surface area contributed by atoms with Crippen molar-refractivity contribution in [2.45, 2.75) is 26.4 Å². The second-order valence-electron chi connectivity index (χ2n) is 6.05. The molecular weight excluding hydrogens is 406 g/mol. The highest BCUT2D eigenvalue weighted by Crippen LogP contribution is 2.27. The molecule has 0 fully saturated rings. The summed E-state index contributed by atoms with van der Waals surface area (Å²) in [6, 6.07) is 9.92. The van der Waals surface area contributed by atoms with E-state index >= 15 is 0 Å². The molecule has 150 valence electrons. The van der Waals surface area contributed by atoms with Gasteiger partial charge >= 0.3 is 0 Å². The number of carbonyl (C=O) groups is 2. The van der Waals surface area contributed by atoms with Crippen molar-refractivity contribution in [1.29, 1.82) is 0 Å². The molecule has 1 atom stereocenters. The molecule has 1 N–H and O–H groups in total. The van der Waals surface area contributed by atoms with Gasteiger partial charge in [0.25, 0.3) is 5.91 Å². The number of hydrogen-bond acceptors (Lipinski definition) is 3. The van der Waals surface area contributed by atoms with Crippen LogP contribution < -0.4 is 10.1 Å². The van der Waals surface area contributed by atoms with Crippen LogP contribution in [0.5, 0.6) is 5.75 Å². The predicted molar refractivity (Wildman–Crippen MR) is 107 cm³/mol. The van der Waals surface area contributed by atoms with Crippen LogP contribution in [0.1, 0.15) is 19.4 Å². The van der Waals surface area contributed by atoms with Crippen molar-refractivity contribution in [1.82, 2.24) is 10.2 Å². The molecule has 2 amide bonds. The van der Waals surface area contributed by atoms with Crippen LogP contribution in [-0.2, 0) is 16.1 Å². The van der Waals surface area contributed by atoms with Gasteiger partial charge in [0.05, 0.1) is 5.02 Å². The van der Waals surface area contributed by atoms with E-state index in [9.17, 15) is 14.0 Å². The molecule has 2 aromatic carbocycles. The maximum absolute atomic E-state index is 14.1. The first-order chi connectivity index (χ1) is 13.3. The van der Waals surface area contributed by atoms with Crippen LogP contribution in [0.25, 0.3) is 0 Å². The zero-order valence-corrected chi connectivity index (χ0v) is 17.1. The van der Waals surface area contributed by atoms with Crippen LogP contribution in [0.3, 0.4) is 0 Å². The largest absolute Gasteiger partial charge is 0.482 e. The second-order valence-corrected chi connectivity index (χ2v) is 6.89. The van der Waals surface area contributed by atoms with E-state index in [1.54, 1.807) is 44.2 Å². The Labute approximate surface area is 173 Å². The lowest BCUT2D eigenvalue weighted by atomic mass is 10.1. The van der Waals surface area contributed by atoms with E-state index in [4.69, 9.17) is 27.9 Å². The van der Waals surface area contributed by atoms with Crippen molar-refractivity contribution >= 4 is 35.0 Å². The van der Waals surface area contributed by atoms with Crippen LogP contribution >= 0.6 is 23.2 Å². The molecule has 5 nitrogen and oxygen atoms in total. The molecule has 0 aliphatic heterocycles. The number of rotatable bonds is 8. The summed E-state index contributed by atoms with van der Waals surface area (Å²) in [7, 11) is 0. The van der Waals surface area contributed by atoms with Gasteiger partial charge in [-0.15, -0.1) is 0 Å². The molecule has 0 saturated carbocycles. The molecule has 0 heterocycles. The number of benzene rings is 2. The van der Waals surface area contributed by atoms with E-state index < -0.39 is 17.8 Å². The fourth-order valence-electron chi connectivity index (χ4n) is 2.53. The van der Waals surface area contributed by atoms with Gasteiger partial charge < -0.3 is 15.0 Å². The zero-order chi connectivity index (χ0) is 20.7. The first-order valence-electron chi connectivity index (χ1n) is 8.72. The number of amides is 2. The standard InChI is InChI=1S/C20H21Cl2FN2O3/c1-3-24-20(27)13(2)25(11-14-6-4-5-7-17(14)23)19(26)12-28-18-9-8-15(21)10-16(18)22/h4-10,13H,3,11-12H2,1-2H3,(H,24,27)/t13-/m0/s1. The van der Waals surface area contributed by atoms with Crippen molar-refractivity contribution in [2.75, 3.05) is 13.2 Å². The fraction of sp³-hybridized carbons (Fsp3) is 0.300. The molecule has 0 aromatic heterocycles. The third-order valence-electron chi connectivity index (χ3n) is 4.06. The molecule has 0 aliphatic carbocycles. The smallest absolute Gasteiger partial charge is 0.261 e.